The van der Waals surface area contributed by atoms with E-state index < -0.39 is 34.0 Å². The molecule has 39 heavy (non-hydrogen) atoms. The van der Waals surface area contributed by atoms with E-state index in [9.17, 15) is 23.1 Å². The zero-order chi connectivity index (χ0) is 28.4. The van der Waals surface area contributed by atoms with Crippen LogP contribution in [-0.4, -0.2) is 87.9 Å². The molecule has 2 aromatic carbocycles. The summed E-state index contributed by atoms with van der Waals surface area (Å²) in [7, 11) is -1.01. The highest BCUT2D eigenvalue weighted by Crippen LogP contribution is 2.31. The van der Waals surface area contributed by atoms with Crippen molar-refractivity contribution < 1.29 is 37.3 Å². The number of piperidine rings is 1. The van der Waals surface area contributed by atoms with E-state index in [1.807, 2.05) is 31.2 Å². The highest BCUT2D eigenvalue weighted by Gasteiger charge is 2.42. The lowest BCUT2D eigenvalue weighted by Gasteiger charge is -2.38. The van der Waals surface area contributed by atoms with Gasteiger partial charge in [0.1, 0.15) is 18.4 Å². The summed E-state index contributed by atoms with van der Waals surface area (Å²) in [6.07, 6.45) is 1.46. The SMILES string of the molecule is CCCCN(C(C(=O)O)C1CCN(C(=O)OCCOC)CC1)S(=O)(=O)c1ccc(-c2ccc(OC)cc2)cc1. The second-order valence-electron chi connectivity index (χ2n) is 9.44. The maximum Gasteiger partial charge on any atom is 0.409 e. The Kier molecular flexibility index (Phi) is 11.1. The summed E-state index contributed by atoms with van der Waals surface area (Å²) in [4.78, 5) is 26.4. The molecule has 10 nitrogen and oxygen atoms in total. The quantitative estimate of drug-likeness (QED) is 0.362. The lowest BCUT2D eigenvalue weighted by molar-refractivity contribution is -0.144. The van der Waals surface area contributed by atoms with Crippen molar-refractivity contribution in [1.29, 1.82) is 0 Å². The zero-order valence-corrected chi connectivity index (χ0v) is 23.6. The van der Waals surface area contributed by atoms with Crippen LogP contribution in [0.5, 0.6) is 5.75 Å². The van der Waals surface area contributed by atoms with Crippen molar-refractivity contribution in [2.45, 2.75) is 43.5 Å². The molecule has 214 valence electrons. The van der Waals surface area contributed by atoms with Crippen molar-refractivity contribution in [2.75, 3.05) is 47.1 Å². The molecule has 11 heteroatoms. The smallest absolute Gasteiger partial charge is 0.409 e. The van der Waals surface area contributed by atoms with Crippen molar-refractivity contribution in [1.82, 2.24) is 9.21 Å². The van der Waals surface area contributed by atoms with Gasteiger partial charge in [0, 0.05) is 26.7 Å². The number of carboxylic acid groups (broad SMARTS) is 1. The van der Waals surface area contributed by atoms with Gasteiger partial charge in [0.15, 0.2) is 0 Å². The Bertz CT molecular complexity index is 1180. The lowest BCUT2D eigenvalue weighted by Crippen LogP contribution is -2.52. The first-order valence-corrected chi connectivity index (χ1v) is 14.6. The molecule has 0 aromatic heterocycles. The van der Waals surface area contributed by atoms with Gasteiger partial charge in [0.25, 0.3) is 0 Å². The monoisotopic (exact) mass is 562 g/mol. The summed E-state index contributed by atoms with van der Waals surface area (Å²) in [6.45, 7) is 3.02. The molecule has 0 radical (unpaired) electrons. The van der Waals surface area contributed by atoms with E-state index in [0.717, 1.165) is 21.2 Å². The standard InChI is InChI=1S/C28H38N2O8S/c1-4-5-16-30(26(27(31)32)23-14-17-29(18-15-23)28(33)38-20-19-36-2)39(34,35)25-12-8-22(9-13-25)21-6-10-24(37-3)11-7-21/h6-13,23,26H,4-5,14-20H2,1-3H3,(H,31,32). The molecular weight excluding hydrogens is 524 g/mol. The maximum absolute atomic E-state index is 13.8. The molecule has 0 spiro atoms. The van der Waals surface area contributed by atoms with Gasteiger partial charge in [0.05, 0.1) is 18.6 Å². The van der Waals surface area contributed by atoms with Crippen LogP contribution in [0, 0.1) is 5.92 Å². The third-order valence-electron chi connectivity index (χ3n) is 6.94. The summed E-state index contributed by atoms with van der Waals surface area (Å²) in [6, 6.07) is 12.7. The van der Waals surface area contributed by atoms with Gasteiger partial charge in [-0.3, -0.25) is 4.79 Å². The summed E-state index contributed by atoms with van der Waals surface area (Å²) in [5.41, 5.74) is 1.73. The van der Waals surface area contributed by atoms with E-state index >= 15 is 0 Å². The molecule has 1 heterocycles. The van der Waals surface area contributed by atoms with E-state index in [2.05, 4.69) is 0 Å². The molecule has 1 atom stereocenters. The van der Waals surface area contributed by atoms with Crippen LogP contribution < -0.4 is 4.74 Å². The molecule has 1 saturated heterocycles. The number of sulfonamides is 1. The Hall–Kier alpha value is -3.15. The minimum Gasteiger partial charge on any atom is -0.497 e. The Morgan fingerprint density at radius 3 is 2.10 bits per heavy atom. The van der Waals surface area contributed by atoms with Gasteiger partial charge < -0.3 is 24.2 Å². The normalized spacial score (nSPS) is 15.2. The number of ether oxygens (including phenoxy) is 3. The van der Waals surface area contributed by atoms with E-state index in [-0.39, 0.29) is 24.7 Å². The molecule has 1 unspecified atom stereocenters. The number of rotatable bonds is 13. The van der Waals surface area contributed by atoms with Gasteiger partial charge in [-0.15, -0.1) is 0 Å². The van der Waals surface area contributed by atoms with Gasteiger partial charge in [-0.25, -0.2) is 13.2 Å². The minimum absolute atomic E-state index is 0.0428. The van der Waals surface area contributed by atoms with Crippen LogP contribution in [0.4, 0.5) is 4.79 Å². The van der Waals surface area contributed by atoms with Gasteiger partial charge >= 0.3 is 12.1 Å². The van der Waals surface area contributed by atoms with E-state index in [0.29, 0.717) is 38.8 Å². The summed E-state index contributed by atoms with van der Waals surface area (Å²) in [5.74, 6) is -0.917. The number of hydrogen-bond acceptors (Lipinski definition) is 7. The fraction of sp³-hybridized carbons (Fsp3) is 0.500. The predicted octanol–water partition coefficient (Wildman–Crippen LogP) is 4.10. The number of benzene rings is 2. The first kappa shape index (κ1) is 30.4. The average Bonchev–Trinajstić information content (AvgIpc) is 2.95. The number of amides is 1. The molecule has 0 aliphatic carbocycles. The van der Waals surface area contributed by atoms with Gasteiger partial charge in [0.2, 0.25) is 10.0 Å². The fourth-order valence-corrected chi connectivity index (χ4v) is 6.40. The largest absolute Gasteiger partial charge is 0.497 e. The van der Waals surface area contributed by atoms with Crippen LogP contribution in [-0.2, 0) is 24.3 Å². The molecule has 1 amide bonds. The first-order chi connectivity index (χ1) is 18.7. The Morgan fingerprint density at radius 1 is 1.00 bits per heavy atom. The van der Waals surface area contributed by atoms with Crippen molar-refractivity contribution >= 4 is 22.1 Å². The maximum atomic E-state index is 13.8. The molecule has 3 rings (SSSR count). The molecule has 1 N–H and O–H groups in total. The van der Waals surface area contributed by atoms with E-state index in [1.54, 1.807) is 19.2 Å². The minimum atomic E-state index is -4.11. The van der Waals surface area contributed by atoms with E-state index in [1.165, 1.54) is 24.1 Å². The predicted molar refractivity (Wildman–Crippen MR) is 146 cm³/mol. The zero-order valence-electron chi connectivity index (χ0n) is 22.7. The number of likely N-dealkylation sites (tertiary alicyclic amines) is 1. The van der Waals surface area contributed by atoms with Crippen LogP contribution in [0.3, 0.4) is 0 Å². The van der Waals surface area contributed by atoms with Gasteiger partial charge in [-0.1, -0.05) is 37.6 Å². The van der Waals surface area contributed by atoms with Gasteiger partial charge in [-0.05, 0) is 60.6 Å². The highest BCUT2D eigenvalue weighted by molar-refractivity contribution is 7.89. The number of unbranched alkanes of at least 4 members (excludes halogenated alkanes) is 1. The second-order valence-corrected chi connectivity index (χ2v) is 11.3. The Balaban J connectivity index is 1.80. The topological polar surface area (TPSA) is 123 Å². The van der Waals surface area contributed by atoms with Crippen LogP contribution >= 0.6 is 0 Å². The molecule has 1 aliphatic heterocycles. The van der Waals surface area contributed by atoms with Gasteiger partial charge in [-0.2, -0.15) is 4.31 Å². The first-order valence-electron chi connectivity index (χ1n) is 13.1. The third-order valence-corrected chi connectivity index (χ3v) is 8.83. The van der Waals surface area contributed by atoms with Crippen LogP contribution in [0.2, 0.25) is 0 Å². The van der Waals surface area contributed by atoms with Crippen LogP contribution in [0.15, 0.2) is 53.4 Å². The molecule has 0 bridgehead atoms. The fourth-order valence-electron chi connectivity index (χ4n) is 4.72. The van der Waals surface area contributed by atoms with Crippen molar-refractivity contribution in [3.63, 3.8) is 0 Å². The number of nitrogens with zero attached hydrogens (tertiary/aromatic N) is 2. The number of methoxy groups -OCH3 is 2. The second kappa shape index (κ2) is 14.3. The number of aliphatic carboxylic acids is 1. The Labute approximate surface area is 230 Å². The van der Waals surface area contributed by atoms with E-state index in [4.69, 9.17) is 14.2 Å². The molecule has 1 fully saturated rings. The van der Waals surface area contributed by atoms with Crippen molar-refractivity contribution in [3.05, 3.63) is 48.5 Å². The lowest BCUT2D eigenvalue weighted by atomic mass is 9.89. The average molecular weight is 563 g/mol. The number of carbonyl (C=O) groups is 2. The Morgan fingerprint density at radius 2 is 1.59 bits per heavy atom. The molecule has 0 saturated carbocycles. The molecular formula is C28H38N2O8S. The summed E-state index contributed by atoms with van der Waals surface area (Å²) >= 11 is 0. The third kappa shape index (κ3) is 7.71. The number of hydrogen-bond donors (Lipinski definition) is 1. The van der Waals surface area contributed by atoms with Crippen molar-refractivity contribution in [2.24, 2.45) is 5.92 Å². The number of carbonyl (C=O) groups excluding carboxylic acids is 1. The summed E-state index contributed by atoms with van der Waals surface area (Å²) < 4.78 is 44.0. The number of carboxylic acids is 1. The van der Waals surface area contributed by atoms with Crippen molar-refractivity contribution in [3.8, 4) is 16.9 Å². The summed E-state index contributed by atoms with van der Waals surface area (Å²) in [5, 5.41) is 10.2. The molecule has 1 aliphatic rings. The van der Waals surface area contributed by atoms with Crippen LogP contribution in [0.25, 0.3) is 11.1 Å². The highest BCUT2D eigenvalue weighted by atomic mass is 32.2. The molecule has 2 aromatic rings. The van der Waals surface area contributed by atoms with Crippen LogP contribution in [0.1, 0.15) is 32.6 Å².